The SMILES string of the molecule is Cc1ccc(NC(=O)CCCCCN2C(=O)/C(=C\c3cccs3)SC2=S)cc1C. The Balaban J connectivity index is 1.39. The third-order valence-electron chi connectivity index (χ3n) is 4.77. The van der Waals surface area contributed by atoms with E-state index in [0.717, 1.165) is 29.8 Å². The second kappa shape index (κ2) is 10.2. The zero-order valence-corrected chi connectivity index (χ0v) is 19.0. The zero-order chi connectivity index (χ0) is 20.8. The van der Waals surface area contributed by atoms with Gasteiger partial charge in [-0.25, -0.2) is 0 Å². The van der Waals surface area contributed by atoms with E-state index >= 15 is 0 Å². The van der Waals surface area contributed by atoms with E-state index in [-0.39, 0.29) is 11.8 Å². The van der Waals surface area contributed by atoms with Gasteiger partial charge in [-0.1, -0.05) is 42.5 Å². The lowest BCUT2D eigenvalue weighted by Gasteiger charge is -2.14. The zero-order valence-electron chi connectivity index (χ0n) is 16.6. The molecule has 2 amide bonds. The largest absolute Gasteiger partial charge is 0.326 e. The molecule has 0 bridgehead atoms. The number of carbonyl (C=O) groups is 2. The lowest BCUT2D eigenvalue weighted by atomic mass is 10.1. The monoisotopic (exact) mass is 444 g/mol. The van der Waals surface area contributed by atoms with Gasteiger partial charge in [-0.3, -0.25) is 14.5 Å². The minimum absolute atomic E-state index is 0.0131. The van der Waals surface area contributed by atoms with Crippen LogP contribution in [0.3, 0.4) is 0 Å². The lowest BCUT2D eigenvalue weighted by molar-refractivity contribution is -0.122. The van der Waals surface area contributed by atoms with Gasteiger partial charge in [0.2, 0.25) is 5.91 Å². The molecule has 1 aromatic heterocycles. The fourth-order valence-corrected chi connectivity index (χ4v) is 5.00. The van der Waals surface area contributed by atoms with Crippen LogP contribution in [0, 0.1) is 13.8 Å². The fourth-order valence-electron chi connectivity index (χ4n) is 2.97. The standard InChI is InChI=1S/C22H24N2O2S3/c1-15-9-10-17(13-16(15)2)23-20(25)8-4-3-5-11-24-21(26)19(29-22(24)27)14-18-7-6-12-28-18/h6-7,9-10,12-14H,3-5,8,11H2,1-2H3,(H,23,25)/b19-14+. The van der Waals surface area contributed by atoms with E-state index in [1.165, 1.54) is 22.9 Å². The number of anilines is 1. The van der Waals surface area contributed by atoms with Crippen LogP contribution in [0.2, 0.25) is 0 Å². The van der Waals surface area contributed by atoms with E-state index in [0.29, 0.717) is 22.2 Å². The molecule has 4 nitrogen and oxygen atoms in total. The van der Waals surface area contributed by atoms with Crippen LogP contribution in [0.5, 0.6) is 0 Å². The average Bonchev–Trinajstić information content (AvgIpc) is 3.28. The Labute approximate surface area is 185 Å². The Morgan fingerprint density at radius 2 is 2.00 bits per heavy atom. The Bertz CT molecular complexity index is 936. The first-order valence-electron chi connectivity index (χ1n) is 9.60. The summed E-state index contributed by atoms with van der Waals surface area (Å²) in [6.45, 7) is 4.69. The number of hydrogen-bond donors (Lipinski definition) is 1. The molecule has 1 fully saturated rings. The van der Waals surface area contributed by atoms with Gasteiger partial charge >= 0.3 is 0 Å². The highest BCUT2D eigenvalue weighted by Gasteiger charge is 2.31. The van der Waals surface area contributed by atoms with E-state index in [1.807, 2.05) is 48.7 Å². The molecule has 3 rings (SSSR count). The van der Waals surface area contributed by atoms with Crippen LogP contribution in [0.4, 0.5) is 5.69 Å². The van der Waals surface area contributed by atoms with Gasteiger partial charge in [0.25, 0.3) is 5.91 Å². The van der Waals surface area contributed by atoms with Crippen molar-refractivity contribution in [3.63, 3.8) is 0 Å². The Hall–Kier alpha value is -1.96. The topological polar surface area (TPSA) is 49.4 Å². The minimum Gasteiger partial charge on any atom is -0.326 e. The number of amides is 2. The first kappa shape index (κ1) is 21.7. The lowest BCUT2D eigenvalue weighted by Crippen LogP contribution is -2.29. The number of thioether (sulfide) groups is 1. The fraction of sp³-hybridized carbons (Fsp3) is 0.318. The molecule has 1 saturated heterocycles. The molecule has 7 heteroatoms. The number of nitrogens with zero attached hydrogens (tertiary/aromatic N) is 1. The summed E-state index contributed by atoms with van der Waals surface area (Å²) in [7, 11) is 0. The second-order valence-electron chi connectivity index (χ2n) is 7.01. The number of hydrogen-bond acceptors (Lipinski definition) is 5. The highest BCUT2D eigenvalue weighted by molar-refractivity contribution is 8.26. The van der Waals surface area contributed by atoms with Crippen LogP contribution >= 0.6 is 35.3 Å². The maximum atomic E-state index is 12.6. The molecule has 0 unspecified atom stereocenters. The number of rotatable bonds is 8. The summed E-state index contributed by atoms with van der Waals surface area (Å²) in [6.07, 6.45) is 4.87. The predicted octanol–water partition coefficient (Wildman–Crippen LogP) is 5.77. The van der Waals surface area contributed by atoms with E-state index in [2.05, 4.69) is 12.2 Å². The maximum absolute atomic E-state index is 12.6. The van der Waals surface area contributed by atoms with E-state index < -0.39 is 0 Å². The molecule has 1 aliphatic rings. The molecule has 2 aromatic rings. The van der Waals surface area contributed by atoms with Crippen molar-refractivity contribution in [2.75, 3.05) is 11.9 Å². The van der Waals surface area contributed by atoms with E-state index in [1.54, 1.807) is 16.2 Å². The van der Waals surface area contributed by atoms with E-state index in [4.69, 9.17) is 12.2 Å². The van der Waals surface area contributed by atoms with Crippen LogP contribution < -0.4 is 5.32 Å². The molecular formula is C22H24N2O2S3. The molecular weight excluding hydrogens is 420 g/mol. The Morgan fingerprint density at radius 1 is 1.17 bits per heavy atom. The molecule has 0 aliphatic carbocycles. The number of unbranched alkanes of at least 4 members (excludes halogenated alkanes) is 2. The highest BCUT2D eigenvalue weighted by atomic mass is 32.2. The van der Waals surface area contributed by atoms with Crippen molar-refractivity contribution in [3.05, 3.63) is 56.6 Å². The Morgan fingerprint density at radius 3 is 2.72 bits per heavy atom. The van der Waals surface area contributed by atoms with E-state index in [9.17, 15) is 9.59 Å². The third-order valence-corrected chi connectivity index (χ3v) is 6.96. The van der Waals surface area contributed by atoms with Gasteiger partial charge < -0.3 is 5.32 Å². The number of nitrogens with one attached hydrogen (secondary N) is 1. The summed E-state index contributed by atoms with van der Waals surface area (Å²) in [5.41, 5.74) is 3.22. The molecule has 2 heterocycles. The van der Waals surface area contributed by atoms with Crippen LogP contribution in [0.15, 0.2) is 40.6 Å². The molecule has 1 aliphatic heterocycles. The minimum atomic E-state index is -0.0131. The number of benzene rings is 1. The molecule has 0 spiro atoms. The van der Waals surface area contributed by atoms with Crippen molar-refractivity contribution in [2.24, 2.45) is 0 Å². The van der Waals surface area contributed by atoms with Gasteiger partial charge in [0.15, 0.2) is 0 Å². The van der Waals surface area contributed by atoms with Gasteiger partial charge in [0, 0.05) is 23.5 Å². The van der Waals surface area contributed by atoms with Crippen LogP contribution in [0.1, 0.15) is 41.7 Å². The summed E-state index contributed by atoms with van der Waals surface area (Å²) in [6, 6.07) is 9.89. The van der Waals surface area contributed by atoms with Gasteiger partial charge in [-0.05, 0) is 67.5 Å². The highest BCUT2D eigenvalue weighted by Crippen LogP contribution is 2.33. The first-order valence-corrected chi connectivity index (χ1v) is 11.7. The number of aryl methyl sites for hydroxylation is 2. The molecule has 0 atom stereocenters. The number of thiophene rings is 1. The predicted molar refractivity (Wildman–Crippen MR) is 127 cm³/mol. The van der Waals surface area contributed by atoms with Crippen molar-refractivity contribution in [3.8, 4) is 0 Å². The number of carbonyl (C=O) groups excluding carboxylic acids is 2. The van der Waals surface area contributed by atoms with Crippen molar-refractivity contribution >= 4 is 63.2 Å². The van der Waals surface area contributed by atoms with Crippen LogP contribution in [-0.2, 0) is 9.59 Å². The third kappa shape index (κ3) is 6.01. The van der Waals surface area contributed by atoms with Crippen molar-refractivity contribution in [1.29, 1.82) is 0 Å². The van der Waals surface area contributed by atoms with Crippen molar-refractivity contribution in [1.82, 2.24) is 4.90 Å². The van der Waals surface area contributed by atoms with Crippen LogP contribution in [0.25, 0.3) is 6.08 Å². The number of thiocarbonyl (C=S) groups is 1. The summed E-state index contributed by atoms with van der Waals surface area (Å²) in [4.78, 5) is 28.1. The first-order chi connectivity index (χ1) is 13.9. The molecule has 1 N–H and O–H groups in total. The molecule has 0 saturated carbocycles. The summed E-state index contributed by atoms with van der Waals surface area (Å²) in [5, 5.41) is 4.94. The van der Waals surface area contributed by atoms with Crippen molar-refractivity contribution in [2.45, 2.75) is 39.5 Å². The summed E-state index contributed by atoms with van der Waals surface area (Å²) in [5.74, 6) is 0.0126. The normalized spacial score (nSPS) is 15.4. The Kier molecular flexibility index (Phi) is 7.64. The van der Waals surface area contributed by atoms with Gasteiger partial charge in [-0.2, -0.15) is 0 Å². The second-order valence-corrected chi connectivity index (χ2v) is 9.66. The van der Waals surface area contributed by atoms with Gasteiger partial charge in [-0.15, -0.1) is 11.3 Å². The quantitative estimate of drug-likeness (QED) is 0.319. The maximum Gasteiger partial charge on any atom is 0.266 e. The summed E-state index contributed by atoms with van der Waals surface area (Å²) < 4.78 is 0.616. The molecule has 0 radical (unpaired) electrons. The van der Waals surface area contributed by atoms with Gasteiger partial charge in [0.1, 0.15) is 4.32 Å². The van der Waals surface area contributed by atoms with Crippen LogP contribution in [-0.4, -0.2) is 27.6 Å². The summed E-state index contributed by atoms with van der Waals surface area (Å²) >= 11 is 8.33. The van der Waals surface area contributed by atoms with Crippen molar-refractivity contribution < 1.29 is 9.59 Å². The molecule has 152 valence electrons. The van der Waals surface area contributed by atoms with Gasteiger partial charge in [0.05, 0.1) is 4.91 Å². The molecule has 1 aromatic carbocycles. The smallest absolute Gasteiger partial charge is 0.266 e. The average molecular weight is 445 g/mol. The molecule has 29 heavy (non-hydrogen) atoms.